The van der Waals surface area contributed by atoms with Gasteiger partial charge >= 0.3 is 6.18 Å². The number of hydrogen-bond acceptors (Lipinski definition) is 6. The summed E-state index contributed by atoms with van der Waals surface area (Å²) in [6.07, 6.45) is -0.778. The fraction of sp³-hybridized carbons (Fsp3) is 0.500. The number of halogens is 3. The molecule has 0 saturated carbocycles. The minimum absolute atomic E-state index is 0.0943. The molecular formula is C18H21F3N4O3. The lowest BCUT2D eigenvalue weighted by molar-refractivity contribution is -0.138. The van der Waals surface area contributed by atoms with Crippen LogP contribution in [-0.4, -0.2) is 44.9 Å². The third-order valence-corrected chi connectivity index (χ3v) is 4.41. The number of nitrogens with zero attached hydrogens (tertiary/aromatic N) is 4. The standard InChI is InChI=1S/C18H21F3N4O3/c1-12(26)10-25-11-15(2-3-16(25)27)28-14-4-6-24(7-5-14)17-22-8-13(9-23-17)18(19,20)21/h2-3,8-9,11-12,14,26H,4-7,10H2,1H3/t12-/m1/s1. The minimum Gasteiger partial charge on any atom is -0.489 e. The lowest BCUT2D eigenvalue weighted by Crippen LogP contribution is -2.39. The predicted molar refractivity (Wildman–Crippen MR) is 95.3 cm³/mol. The minimum atomic E-state index is -4.45. The first-order valence-corrected chi connectivity index (χ1v) is 8.92. The van der Waals surface area contributed by atoms with E-state index < -0.39 is 17.8 Å². The van der Waals surface area contributed by atoms with Crippen molar-refractivity contribution in [2.75, 3.05) is 18.0 Å². The van der Waals surface area contributed by atoms with Crippen molar-refractivity contribution < 1.29 is 23.0 Å². The summed E-state index contributed by atoms with van der Waals surface area (Å²) in [5.41, 5.74) is -1.09. The summed E-state index contributed by atoms with van der Waals surface area (Å²) in [5, 5.41) is 9.46. The zero-order chi connectivity index (χ0) is 20.3. The number of piperidine rings is 1. The molecule has 1 saturated heterocycles. The first kappa shape index (κ1) is 20.1. The average molecular weight is 398 g/mol. The van der Waals surface area contributed by atoms with Crippen LogP contribution < -0.4 is 15.2 Å². The van der Waals surface area contributed by atoms with Crippen LogP contribution in [0.3, 0.4) is 0 Å². The molecule has 2 aromatic rings. The molecule has 0 aromatic carbocycles. The van der Waals surface area contributed by atoms with E-state index in [2.05, 4.69) is 9.97 Å². The average Bonchev–Trinajstić information content (AvgIpc) is 2.64. The number of anilines is 1. The van der Waals surface area contributed by atoms with E-state index in [4.69, 9.17) is 4.74 Å². The number of pyridine rings is 1. The van der Waals surface area contributed by atoms with Gasteiger partial charge in [-0.2, -0.15) is 13.2 Å². The molecule has 10 heteroatoms. The molecule has 0 amide bonds. The van der Waals surface area contributed by atoms with Crippen molar-refractivity contribution in [2.24, 2.45) is 0 Å². The Hall–Kier alpha value is -2.62. The molecule has 2 aromatic heterocycles. The van der Waals surface area contributed by atoms with Gasteiger partial charge < -0.3 is 19.3 Å². The second-order valence-electron chi connectivity index (χ2n) is 6.78. The van der Waals surface area contributed by atoms with E-state index in [1.807, 2.05) is 4.90 Å². The number of alkyl halides is 3. The van der Waals surface area contributed by atoms with Gasteiger partial charge in [0.2, 0.25) is 5.95 Å². The maximum atomic E-state index is 12.6. The number of aromatic nitrogens is 3. The van der Waals surface area contributed by atoms with Gasteiger partial charge in [0.15, 0.2) is 0 Å². The highest BCUT2D eigenvalue weighted by atomic mass is 19.4. The zero-order valence-corrected chi connectivity index (χ0v) is 15.3. The SMILES string of the molecule is C[C@@H](O)Cn1cc(OC2CCN(c3ncc(C(F)(F)F)cn3)CC2)ccc1=O. The van der Waals surface area contributed by atoms with Crippen molar-refractivity contribution in [3.05, 3.63) is 46.6 Å². The number of rotatable bonds is 5. The van der Waals surface area contributed by atoms with Crippen LogP contribution in [0.2, 0.25) is 0 Å². The molecule has 1 fully saturated rings. The molecule has 1 aliphatic heterocycles. The molecule has 0 aliphatic carbocycles. The molecule has 3 rings (SSSR count). The maximum Gasteiger partial charge on any atom is 0.419 e. The molecule has 0 bridgehead atoms. The Morgan fingerprint density at radius 3 is 2.46 bits per heavy atom. The molecule has 3 heterocycles. The Labute approximate surface area is 159 Å². The van der Waals surface area contributed by atoms with E-state index in [0.29, 0.717) is 31.7 Å². The highest BCUT2D eigenvalue weighted by molar-refractivity contribution is 5.31. The van der Waals surface area contributed by atoms with Crippen LogP contribution in [0.5, 0.6) is 5.75 Å². The van der Waals surface area contributed by atoms with Crippen LogP contribution in [0.25, 0.3) is 0 Å². The van der Waals surface area contributed by atoms with Crippen molar-refractivity contribution in [1.82, 2.24) is 14.5 Å². The molecule has 0 radical (unpaired) electrons. The van der Waals surface area contributed by atoms with E-state index in [1.165, 1.54) is 10.6 Å². The molecule has 1 aliphatic rings. The van der Waals surface area contributed by atoms with E-state index in [-0.39, 0.29) is 24.2 Å². The van der Waals surface area contributed by atoms with Crippen molar-refractivity contribution in [2.45, 2.75) is 44.7 Å². The second kappa shape index (κ2) is 8.17. The van der Waals surface area contributed by atoms with Gasteiger partial charge in [-0.1, -0.05) is 0 Å². The van der Waals surface area contributed by atoms with Crippen LogP contribution in [-0.2, 0) is 12.7 Å². The van der Waals surface area contributed by atoms with Crippen LogP contribution in [0.1, 0.15) is 25.3 Å². The summed E-state index contributed by atoms with van der Waals surface area (Å²) in [6.45, 7) is 2.87. The highest BCUT2D eigenvalue weighted by Gasteiger charge is 2.32. The predicted octanol–water partition coefficient (Wildman–Crippen LogP) is 2.09. The normalized spacial score (nSPS) is 16.8. The quantitative estimate of drug-likeness (QED) is 0.831. The lowest BCUT2D eigenvalue weighted by Gasteiger charge is -2.32. The monoisotopic (exact) mass is 398 g/mol. The van der Waals surface area contributed by atoms with Gasteiger partial charge in [-0.3, -0.25) is 4.79 Å². The Balaban J connectivity index is 1.58. The number of ether oxygens (including phenoxy) is 1. The Morgan fingerprint density at radius 2 is 1.89 bits per heavy atom. The summed E-state index contributed by atoms with van der Waals surface area (Å²) in [5.74, 6) is 0.793. The molecular weight excluding hydrogens is 377 g/mol. The third kappa shape index (κ3) is 5.00. The number of aliphatic hydroxyl groups excluding tert-OH is 1. The van der Waals surface area contributed by atoms with Crippen molar-refractivity contribution in [3.63, 3.8) is 0 Å². The summed E-state index contributed by atoms with van der Waals surface area (Å²) in [6, 6.07) is 2.98. The van der Waals surface area contributed by atoms with Gasteiger partial charge in [-0.25, -0.2) is 9.97 Å². The fourth-order valence-electron chi connectivity index (χ4n) is 3.00. The van der Waals surface area contributed by atoms with E-state index in [1.54, 1.807) is 19.2 Å². The van der Waals surface area contributed by atoms with Crippen molar-refractivity contribution >= 4 is 5.95 Å². The van der Waals surface area contributed by atoms with E-state index in [0.717, 1.165) is 12.4 Å². The van der Waals surface area contributed by atoms with Crippen LogP contribution in [0.4, 0.5) is 19.1 Å². The number of hydrogen-bond donors (Lipinski definition) is 1. The maximum absolute atomic E-state index is 12.6. The highest BCUT2D eigenvalue weighted by Crippen LogP contribution is 2.29. The molecule has 7 nitrogen and oxygen atoms in total. The lowest BCUT2D eigenvalue weighted by atomic mass is 10.1. The number of aliphatic hydroxyl groups is 1. The third-order valence-electron chi connectivity index (χ3n) is 4.41. The summed E-state index contributed by atoms with van der Waals surface area (Å²) < 4.78 is 45.1. The summed E-state index contributed by atoms with van der Waals surface area (Å²) in [4.78, 5) is 21.2. The van der Waals surface area contributed by atoms with Crippen LogP contribution in [0, 0.1) is 0 Å². The van der Waals surface area contributed by atoms with Crippen LogP contribution >= 0.6 is 0 Å². The topological polar surface area (TPSA) is 80.5 Å². The largest absolute Gasteiger partial charge is 0.489 e. The summed E-state index contributed by atoms with van der Waals surface area (Å²) >= 11 is 0. The molecule has 152 valence electrons. The van der Waals surface area contributed by atoms with Gasteiger partial charge in [0.1, 0.15) is 11.9 Å². The zero-order valence-electron chi connectivity index (χ0n) is 15.3. The second-order valence-corrected chi connectivity index (χ2v) is 6.78. The first-order chi connectivity index (χ1) is 13.2. The summed E-state index contributed by atoms with van der Waals surface area (Å²) in [7, 11) is 0. The fourth-order valence-corrected chi connectivity index (χ4v) is 3.00. The van der Waals surface area contributed by atoms with Gasteiger partial charge in [0, 0.05) is 50.6 Å². The van der Waals surface area contributed by atoms with Gasteiger partial charge in [0.25, 0.3) is 5.56 Å². The Morgan fingerprint density at radius 1 is 1.25 bits per heavy atom. The molecule has 28 heavy (non-hydrogen) atoms. The van der Waals surface area contributed by atoms with Crippen molar-refractivity contribution in [3.8, 4) is 5.75 Å². The van der Waals surface area contributed by atoms with Crippen LogP contribution in [0.15, 0.2) is 35.5 Å². The molecule has 0 spiro atoms. The van der Waals surface area contributed by atoms with Gasteiger partial charge in [0.05, 0.1) is 18.2 Å². The molecule has 1 N–H and O–H groups in total. The molecule has 0 unspecified atom stereocenters. The first-order valence-electron chi connectivity index (χ1n) is 8.92. The smallest absolute Gasteiger partial charge is 0.419 e. The van der Waals surface area contributed by atoms with E-state index >= 15 is 0 Å². The Bertz CT molecular complexity index is 844. The Kier molecular flexibility index (Phi) is 5.87. The van der Waals surface area contributed by atoms with Crippen molar-refractivity contribution in [1.29, 1.82) is 0 Å². The van der Waals surface area contributed by atoms with Gasteiger partial charge in [-0.15, -0.1) is 0 Å². The van der Waals surface area contributed by atoms with E-state index in [9.17, 15) is 23.1 Å². The molecule has 1 atom stereocenters. The van der Waals surface area contributed by atoms with Gasteiger partial charge in [-0.05, 0) is 13.0 Å².